The van der Waals surface area contributed by atoms with Gasteiger partial charge in [0, 0.05) is 18.9 Å². The summed E-state index contributed by atoms with van der Waals surface area (Å²) in [4.78, 5) is 0. The predicted octanol–water partition coefficient (Wildman–Crippen LogP) is 5.22. The molecule has 0 fully saturated rings. The van der Waals surface area contributed by atoms with Crippen LogP contribution in [0.25, 0.3) is 6.08 Å². The third-order valence-corrected chi connectivity index (χ3v) is 2.81. The number of aromatic nitrogens is 1. The van der Waals surface area contributed by atoms with E-state index < -0.39 is 0 Å². The molecule has 1 heterocycles. The summed E-state index contributed by atoms with van der Waals surface area (Å²) >= 11 is 0. The first-order chi connectivity index (χ1) is 9.61. The number of allylic oxidation sites excluding steroid dienone is 5. The third kappa shape index (κ3) is 6.85. The van der Waals surface area contributed by atoms with E-state index >= 15 is 0 Å². The van der Waals surface area contributed by atoms with Crippen LogP contribution >= 0.6 is 0 Å². The van der Waals surface area contributed by atoms with Gasteiger partial charge in [-0.3, -0.25) is 0 Å². The van der Waals surface area contributed by atoms with E-state index in [1.54, 1.807) is 0 Å². The fourth-order valence-electron chi connectivity index (χ4n) is 1.68. The van der Waals surface area contributed by atoms with Gasteiger partial charge in [0.05, 0.1) is 0 Å². The molecule has 106 valence electrons. The Morgan fingerprint density at radius 2 is 2.10 bits per heavy atom. The van der Waals surface area contributed by atoms with Crippen molar-refractivity contribution in [3.63, 3.8) is 0 Å². The number of unbranched alkanes of at least 4 members (excludes halogenated alkanes) is 1. The van der Waals surface area contributed by atoms with Gasteiger partial charge in [0.15, 0.2) is 0 Å². The van der Waals surface area contributed by atoms with E-state index in [1.165, 1.54) is 24.0 Å². The molecule has 0 aliphatic rings. The van der Waals surface area contributed by atoms with Crippen molar-refractivity contribution in [2.45, 2.75) is 47.1 Å². The lowest BCUT2D eigenvalue weighted by Gasteiger charge is -1.98. The zero-order valence-electron chi connectivity index (χ0n) is 13.1. The molecule has 1 aromatic heterocycles. The summed E-state index contributed by atoms with van der Waals surface area (Å²) in [5.74, 6) is 6.15. The summed E-state index contributed by atoms with van der Waals surface area (Å²) in [5, 5.41) is 0. The molecule has 1 rings (SSSR count). The van der Waals surface area contributed by atoms with Crippen molar-refractivity contribution in [2.75, 3.05) is 0 Å². The van der Waals surface area contributed by atoms with Crippen LogP contribution in [-0.4, -0.2) is 4.57 Å². The lowest BCUT2D eigenvalue weighted by atomic mass is 10.2. The van der Waals surface area contributed by atoms with Gasteiger partial charge < -0.3 is 4.57 Å². The molecule has 1 heteroatoms. The minimum absolute atomic E-state index is 1.07. The van der Waals surface area contributed by atoms with Gasteiger partial charge in [0.1, 0.15) is 0 Å². The van der Waals surface area contributed by atoms with Crippen molar-refractivity contribution in [1.82, 2.24) is 4.57 Å². The molecular formula is C19H25N. The maximum atomic E-state index is 3.11. The first kappa shape index (κ1) is 16.1. The average Bonchev–Trinajstić information content (AvgIpc) is 2.84. The topological polar surface area (TPSA) is 4.93 Å². The van der Waals surface area contributed by atoms with Gasteiger partial charge in [-0.15, -0.1) is 0 Å². The van der Waals surface area contributed by atoms with Gasteiger partial charge in [0.2, 0.25) is 0 Å². The first-order valence-electron chi connectivity index (χ1n) is 7.27. The molecule has 1 nitrogen and oxygen atoms in total. The molecule has 0 N–H and O–H groups in total. The quantitative estimate of drug-likeness (QED) is 0.509. The van der Waals surface area contributed by atoms with Crippen molar-refractivity contribution in [3.05, 3.63) is 53.4 Å². The van der Waals surface area contributed by atoms with Crippen LogP contribution in [0.1, 0.15) is 46.1 Å². The van der Waals surface area contributed by atoms with Crippen molar-refractivity contribution in [2.24, 2.45) is 0 Å². The normalized spacial score (nSPS) is 11.3. The standard InChI is InChI=1S/C19H25N/c1-5-6-14-20-15-13-19(16-20)12-8-11-18(4)10-7-9-17(2)3/h8-9,11-13,15-16H,5-6,14H2,1-4H3/b12-8-,18-11+. The number of hydrogen-bond acceptors (Lipinski definition) is 0. The van der Waals surface area contributed by atoms with Gasteiger partial charge in [0.25, 0.3) is 0 Å². The van der Waals surface area contributed by atoms with Gasteiger partial charge in [-0.2, -0.15) is 0 Å². The number of rotatable bonds is 5. The van der Waals surface area contributed by atoms with Crippen molar-refractivity contribution >= 4 is 6.08 Å². The molecule has 0 aliphatic heterocycles. The molecule has 0 radical (unpaired) electrons. The highest BCUT2D eigenvalue weighted by atomic mass is 14.9. The Kier molecular flexibility index (Phi) is 7.29. The molecule has 0 amide bonds. The molecule has 0 aromatic carbocycles. The van der Waals surface area contributed by atoms with Crippen LogP contribution in [0.4, 0.5) is 0 Å². The van der Waals surface area contributed by atoms with Gasteiger partial charge >= 0.3 is 0 Å². The minimum atomic E-state index is 1.07. The molecule has 0 saturated heterocycles. The fraction of sp³-hybridized carbons (Fsp3) is 0.368. The van der Waals surface area contributed by atoms with Crippen LogP contribution in [0.2, 0.25) is 0 Å². The molecule has 1 aromatic rings. The second kappa shape index (κ2) is 9.04. The summed E-state index contributed by atoms with van der Waals surface area (Å²) in [6.45, 7) is 9.46. The van der Waals surface area contributed by atoms with E-state index in [4.69, 9.17) is 0 Å². The summed E-state index contributed by atoms with van der Waals surface area (Å²) in [5.41, 5.74) is 3.54. The van der Waals surface area contributed by atoms with E-state index in [9.17, 15) is 0 Å². The zero-order valence-corrected chi connectivity index (χ0v) is 13.1. The lowest BCUT2D eigenvalue weighted by Crippen LogP contribution is -1.92. The zero-order chi connectivity index (χ0) is 14.8. The predicted molar refractivity (Wildman–Crippen MR) is 89.3 cm³/mol. The molecule has 0 saturated carbocycles. The Labute approximate surface area is 123 Å². The van der Waals surface area contributed by atoms with Crippen LogP contribution in [0.3, 0.4) is 0 Å². The van der Waals surface area contributed by atoms with E-state index in [0.29, 0.717) is 0 Å². The molecule has 0 aliphatic carbocycles. The summed E-state index contributed by atoms with van der Waals surface area (Å²) in [6, 6.07) is 2.14. The van der Waals surface area contributed by atoms with Crippen LogP contribution in [0, 0.1) is 11.8 Å². The summed E-state index contributed by atoms with van der Waals surface area (Å²) in [7, 11) is 0. The van der Waals surface area contributed by atoms with Crippen molar-refractivity contribution in [1.29, 1.82) is 0 Å². The Morgan fingerprint density at radius 1 is 1.30 bits per heavy atom. The molecule has 0 spiro atoms. The Hall–Kier alpha value is -1.94. The molecule has 20 heavy (non-hydrogen) atoms. The molecule has 0 unspecified atom stereocenters. The molecule has 0 atom stereocenters. The Balaban J connectivity index is 2.56. The molecule has 0 bridgehead atoms. The molecular weight excluding hydrogens is 242 g/mol. The van der Waals surface area contributed by atoms with E-state index in [0.717, 1.165) is 12.1 Å². The van der Waals surface area contributed by atoms with Crippen LogP contribution in [-0.2, 0) is 6.54 Å². The van der Waals surface area contributed by atoms with Gasteiger partial charge in [-0.1, -0.05) is 49.0 Å². The first-order valence-corrected chi connectivity index (χ1v) is 7.27. The highest BCUT2D eigenvalue weighted by Crippen LogP contribution is 2.06. The second-order valence-electron chi connectivity index (χ2n) is 5.24. The van der Waals surface area contributed by atoms with Crippen LogP contribution in [0.5, 0.6) is 0 Å². The van der Waals surface area contributed by atoms with E-state index in [-0.39, 0.29) is 0 Å². The van der Waals surface area contributed by atoms with Gasteiger partial charge in [-0.25, -0.2) is 0 Å². The fourth-order valence-corrected chi connectivity index (χ4v) is 1.68. The van der Waals surface area contributed by atoms with Crippen molar-refractivity contribution in [3.8, 4) is 11.8 Å². The number of aryl methyl sites for hydroxylation is 1. The lowest BCUT2D eigenvalue weighted by molar-refractivity contribution is 0.635. The highest BCUT2D eigenvalue weighted by molar-refractivity contribution is 5.51. The smallest absolute Gasteiger partial charge is 0.0219 e. The van der Waals surface area contributed by atoms with Crippen LogP contribution in [0.15, 0.2) is 47.8 Å². The van der Waals surface area contributed by atoms with Crippen molar-refractivity contribution < 1.29 is 0 Å². The monoisotopic (exact) mass is 267 g/mol. The van der Waals surface area contributed by atoms with E-state index in [1.807, 2.05) is 13.0 Å². The summed E-state index contributed by atoms with van der Waals surface area (Å²) in [6.07, 6.45) is 15.0. The Bertz CT molecular complexity index is 552. The minimum Gasteiger partial charge on any atom is -0.354 e. The number of nitrogens with zero attached hydrogens (tertiary/aromatic N) is 1. The third-order valence-electron chi connectivity index (χ3n) is 2.81. The highest BCUT2D eigenvalue weighted by Gasteiger charge is 1.92. The summed E-state index contributed by atoms with van der Waals surface area (Å²) < 4.78 is 2.24. The van der Waals surface area contributed by atoms with E-state index in [2.05, 4.69) is 73.9 Å². The second-order valence-corrected chi connectivity index (χ2v) is 5.24. The van der Waals surface area contributed by atoms with Gasteiger partial charge in [-0.05, 0) is 50.5 Å². The maximum Gasteiger partial charge on any atom is 0.0219 e. The largest absolute Gasteiger partial charge is 0.354 e. The van der Waals surface area contributed by atoms with Crippen LogP contribution < -0.4 is 0 Å². The SMILES string of the molecule is CCCCn1ccc(/C=C\C=C(/C)C#CC=C(C)C)c1. The maximum absolute atomic E-state index is 3.11. The Morgan fingerprint density at radius 3 is 2.80 bits per heavy atom. The number of hydrogen-bond donors (Lipinski definition) is 0. The average molecular weight is 267 g/mol.